The van der Waals surface area contributed by atoms with Gasteiger partial charge in [0, 0.05) is 18.4 Å². The van der Waals surface area contributed by atoms with Crippen molar-refractivity contribution in [3.63, 3.8) is 0 Å². The first-order valence-corrected chi connectivity index (χ1v) is 12.4. The molecule has 1 aliphatic carbocycles. The Morgan fingerprint density at radius 1 is 1.00 bits per heavy atom. The van der Waals surface area contributed by atoms with Crippen LogP contribution >= 0.6 is 11.8 Å². The van der Waals surface area contributed by atoms with Crippen LogP contribution in [0.5, 0.6) is 0 Å². The number of hydrogen-bond acceptors (Lipinski definition) is 5. The third-order valence-electron chi connectivity index (χ3n) is 5.76. The van der Waals surface area contributed by atoms with Crippen LogP contribution in [0, 0.1) is 0 Å². The highest BCUT2D eigenvalue weighted by atomic mass is 32.2. The fraction of sp³-hybridized carbons (Fsp3) is 0.400. The van der Waals surface area contributed by atoms with E-state index in [1.807, 2.05) is 30.5 Å². The lowest BCUT2D eigenvalue weighted by atomic mass is 9.98. The van der Waals surface area contributed by atoms with E-state index in [9.17, 15) is 19.5 Å². The minimum absolute atomic E-state index is 0.0153. The average molecular weight is 471 g/mol. The van der Waals surface area contributed by atoms with Gasteiger partial charge in [-0.1, -0.05) is 48.5 Å². The summed E-state index contributed by atoms with van der Waals surface area (Å²) in [7, 11) is 0. The first kappa shape index (κ1) is 24.6. The molecule has 3 rings (SSSR count). The van der Waals surface area contributed by atoms with Gasteiger partial charge in [-0.25, -0.2) is 9.59 Å². The molecule has 0 radical (unpaired) electrons. The van der Waals surface area contributed by atoms with Crippen LogP contribution in [0.4, 0.5) is 4.79 Å². The van der Waals surface area contributed by atoms with Crippen molar-refractivity contribution in [2.24, 2.45) is 0 Å². The predicted octanol–water partition coefficient (Wildman–Crippen LogP) is 4.02. The van der Waals surface area contributed by atoms with Crippen LogP contribution in [-0.2, 0) is 14.3 Å². The molecule has 0 saturated carbocycles. The monoisotopic (exact) mass is 470 g/mol. The fourth-order valence-electron chi connectivity index (χ4n) is 4.02. The van der Waals surface area contributed by atoms with Gasteiger partial charge in [0.25, 0.3) is 0 Å². The quantitative estimate of drug-likeness (QED) is 0.458. The van der Waals surface area contributed by atoms with E-state index in [1.54, 1.807) is 6.92 Å². The second-order valence-corrected chi connectivity index (χ2v) is 9.14. The number of rotatable bonds is 11. The van der Waals surface area contributed by atoms with Gasteiger partial charge >= 0.3 is 12.1 Å². The molecule has 0 heterocycles. The van der Waals surface area contributed by atoms with Crippen LogP contribution in [0.25, 0.3) is 11.1 Å². The highest BCUT2D eigenvalue weighted by Gasteiger charge is 2.29. The molecule has 0 aromatic heterocycles. The minimum Gasteiger partial charge on any atom is -0.480 e. The maximum atomic E-state index is 12.4. The van der Waals surface area contributed by atoms with Crippen molar-refractivity contribution < 1.29 is 24.2 Å². The van der Waals surface area contributed by atoms with Gasteiger partial charge in [-0.15, -0.1) is 0 Å². The number of carboxylic acids is 1. The topological polar surface area (TPSA) is 105 Å². The first-order chi connectivity index (χ1) is 15.9. The van der Waals surface area contributed by atoms with Crippen LogP contribution in [0.3, 0.4) is 0 Å². The molecule has 176 valence electrons. The molecular formula is C25H30N2O5S. The summed E-state index contributed by atoms with van der Waals surface area (Å²) < 4.78 is 5.53. The van der Waals surface area contributed by atoms with Gasteiger partial charge in [-0.3, -0.25) is 4.79 Å². The lowest BCUT2D eigenvalue weighted by molar-refractivity contribution is -0.141. The first-order valence-electron chi connectivity index (χ1n) is 11.0. The molecule has 0 aliphatic heterocycles. The molecule has 0 fully saturated rings. The van der Waals surface area contributed by atoms with Gasteiger partial charge in [0.1, 0.15) is 12.6 Å². The Labute approximate surface area is 198 Å². The van der Waals surface area contributed by atoms with Crippen molar-refractivity contribution in [1.82, 2.24) is 10.6 Å². The zero-order chi connectivity index (χ0) is 23.8. The third-order valence-corrected chi connectivity index (χ3v) is 6.40. The Morgan fingerprint density at radius 2 is 1.61 bits per heavy atom. The molecule has 2 aromatic rings. The zero-order valence-corrected chi connectivity index (χ0v) is 19.7. The summed E-state index contributed by atoms with van der Waals surface area (Å²) in [6, 6.07) is 15.1. The average Bonchev–Trinajstić information content (AvgIpc) is 3.12. The minimum atomic E-state index is -1.04. The number of alkyl carbamates (subject to hydrolysis) is 1. The maximum Gasteiger partial charge on any atom is 0.407 e. The molecule has 2 amide bonds. The molecule has 0 bridgehead atoms. The lowest BCUT2D eigenvalue weighted by Gasteiger charge is -2.18. The molecule has 2 aromatic carbocycles. The van der Waals surface area contributed by atoms with Crippen molar-refractivity contribution in [3.8, 4) is 11.1 Å². The van der Waals surface area contributed by atoms with Gasteiger partial charge in [-0.05, 0) is 54.0 Å². The number of carbonyl (C=O) groups is 3. The van der Waals surface area contributed by atoms with Crippen molar-refractivity contribution >= 4 is 29.7 Å². The van der Waals surface area contributed by atoms with E-state index in [0.717, 1.165) is 11.1 Å². The van der Waals surface area contributed by atoms with Crippen molar-refractivity contribution in [1.29, 1.82) is 0 Å². The van der Waals surface area contributed by atoms with Gasteiger partial charge < -0.3 is 20.5 Å². The number of benzene rings is 2. The van der Waals surface area contributed by atoms with E-state index in [1.165, 1.54) is 22.9 Å². The summed E-state index contributed by atoms with van der Waals surface area (Å²) in [6.45, 7) is 2.01. The smallest absolute Gasteiger partial charge is 0.407 e. The second kappa shape index (κ2) is 11.7. The summed E-state index contributed by atoms with van der Waals surface area (Å²) in [5.41, 5.74) is 4.62. The number of carbonyl (C=O) groups excluding carboxylic acids is 2. The number of fused-ring (bicyclic) bond motifs is 3. The molecule has 3 N–H and O–H groups in total. The van der Waals surface area contributed by atoms with Crippen molar-refractivity contribution in [2.75, 3.05) is 18.6 Å². The van der Waals surface area contributed by atoms with E-state index < -0.39 is 18.1 Å². The third kappa shape index (κ3) is 6.51. The van der Waals surface area contributed by atoms with Gasteiger partial charge in [0.2, 0.25) is 5.91 Å². The van der Waals surface area contributed by atoms with Crippen LogP contribution in [0.1, 0.15) is 43.2 Å². The number of aliphatic carboxylic acids is 1. The van der Waals surface area contributed by atoms with Crippen LogP contribution in [0.15, 0.2) is 48.5 Å². The Bertz CT molecular complexity index is 951. The van der Waals surface area contributed by atoms with Crippen LogP contribution < -0.4 is 10.6 Å². The van der Waals surface area contributed by atoms with Gasteiger partial charge in [0.15, 0.2) is 0 Å². The molecule has 1 aliphatic rings. The standard InChI is InChI=1S/C25H30N2O5S/c1-16(11-12-23(28)27-22(24(29)30)13-14-33-2)26-25(31)32-15-21-19-9-5-3-7-17(19)18-8-4-6-10-20(18)21/h3-10,16,21-22H,11-15H2,1-2H3,(H,26,31)(H,27,28)(H,29,30)/t16?,22-/m1/s1. The normalized spacial score (nSPS) is 14.0. The number of thioether (sulfide) groups is 1. The number of carboxylic acid groups (broad SMARTS) is 1. The van der Waals surface area contributed by atoms with Crippen molar-refractivity contribution in [3.05, 3.63) is 59.7 Å². The zero-order valence-electron chi connectivity index (χ0n) is 18.9. The largest absolute Gasteiger partial charge is 0.480 e. The molecular weight excluding hydrogens is 440 g/mol. The van der Waals surface area contributed by atoms with E-state index in [-0.39, 0.29) is 30.9 Å². The second-order valence-electron chi connectivity index (χ2n) is 8.15. The maximum absolute atomic E-state index is 12.4. The Hall–Kier alpha value is -3.00. The molecule has 1 unspecified atom stereocenters. The van der Waals surface area contributed by atoms with Crippen LogP contribution in [0.2, 0.25) is 0 Å². The highest BCUT2D eigenvalue weighted by molar-refractivity contribution is 7.98. The molecule has 7 nitrogen and oxygen atoms in total. The Morgan fingerprint density at radius 3 is 2.18 bits per heavy atom. The SMILES string of the molecule is CSCC[C@@H](NC(=O)CCC(C)NC(=O)OCC1c2ccccc2-c2ccccc21)C(=O)O. The number of nitrogens with one attached hydrogen (secondary N) is 2. The summed E-state index contributed by atoms with van der Waals surface area (Å²) in [5, 5.41) is 14.5. The molecule has 2 atom stereocenters. The van der Waals surface area contributed by atoms with E-state index in [0.29, 0.717) is 18.6 Å². The van der Waals surface area contributed by atoms with E-state index in [2.05, 4.69) is 34.9 Å². The summed E-state index contributed by atoms with van der Waals surface area (Å²) in [4.78, 5) is 35.7. The number of hydrogen-bond donors (Lipinski definition) is 3. The van der Waals surface area contributed by atoms with Gasteiger partial charge in [0.05, 0.1) is 0 Å². The number of amides is 2. The summed E-state index contributed by atoms with van der Waals surface area (Å²) >= 11 is 1.53. The van der Waals surface area contributed by atoms with Crippen LogP contribution in [-0.4, -0.2) is 53.8 Å². The Balaban J connectivity index is 1.46. The molecule has 0 saturated heterocycles. The van der Waals surface area contributed by atoms with Gasteiger partial charge in [-0.2, -0.15) is 11.8 Å². The van der Waals surface area contributed by atoms with Crippen molar-refractivity contribution in [2.45, 2.75) is 44.2 Å². The predicted molar refractivity (Wildman–Crippen MR) is 129 cm³/mol. The summed E-state index contributed by atoms with van der Waals surface area (Å²) in [6.07, 6.45) is 2.22. The van der Waals surface area contributed by atoms with E-state index in [4.69, 9.17) is 4.74 Å². The summed E-state index contributed by atoms with van der Waals surface area (Å²) in [5.74, 6) is -0.748. The molecule has 8 heteroatoms. The fourth-order valence-corrected chi connectivity index (χ4v) is 4.49. The number of ether oxygens (including phenoxy) is 1. The highest BCUT2D eigenvalue weighted by Crippen LogP contribution is 2.44. The lowest BCUT2D eigenvalue weighted by Crippen LogP contribution is -2.42. The van der Waals surface area contributed by atoms with E-state index >= 15 is 0 Å². The molecule has 0 spiro atoms. The Kier molecular flexibility index (Phi) is 8.77. The molecule has 33 heavy (non-hydrogen) atoms.